The van der Waals surface area contributed by atoms with Crippen LogP contribution in [0.5, 0.6) is 0 Å². The van der Waals surface area contributed by atoms with E-state index in [2.05, 4.69) is 53.1 Å². The maximum absolute atomic E-state index is 12.6. The lowest BCUT2D eigenvalue weighted by Crippen LogP contribution is -2.43. The minimum Gasteiger partial charge on any atom is -0.294 e. The number of aryl methyl sites for hydroxylation is 1. The molecule has 0 unspecified atom stereocenters. The number of hydrogen-bond acceptors (Lipinski definition) is 1. The summed E-state index contributed by atoms with van der Waals surface area (Å²) in [6.45, 7) is 13.7. The van der Waals surface area contributed by atoms with Gasteiger partial charge in [-0.15, -0.1) is 5.54 Å². The molecule has 2 rings (SSSR count). The predicted molar refractivity (Wildman–Crippen MR) is 101 cm³/mol. The van der Waals surface area contributed by atoms with Gasteiger partial charge < -0.3 is 0 Å². The van der Waals surface area contributed by atoms with Gasteiger partial charge in [-0.3, -0.25) is 4.57 Å². The highest BCUT2D eigenvalue weighted by Gasteiger charge is 2.41. The van der Waals surface area contributed by atoms with E-state index in [1.54, 1.807) is 16.2 Å². The van der Waals surface area contributed by atoms with E-state index in [4.69, 9.17) is 0 Å². The molecule has 4 heteroatoms. The van der Waals surface area contributed by atoms with Gasteiger partial charge >= 0.3 is 5.69 Å². The van der Waals surface area contributed by atoms with Gasteiger partial charge in [-0.2, -0.15) is 0 Å². The largest absolute Gasteiger partial charge is 0.340 e. The molecular formula is C19H28N2OSi. The Labute approximate surface area is 140 Å². The molecule has 0 radical (unpaired) electrons. The van der Waals surface area contributed by atoms with Crippen molar-refractivity contribution in [2.75, 3.05) is 0 Å². The highest BCUT2D eigenvalue weighted by molar-refractivity contribution is 6.90. The molecule has 0 aliphatic carbocycles. The fraction of sp³-hybridized carbons (Fsp3) is 0.526. The van der Waals surface area contributed by atoms with Gasteiger partial charge in [-0.25, -0.2) is 9.36 Å². The molecule has 0 spiro atoms. The molecule has 0 bridgehead atoms. The maximum atomic E-state index is 12.6. The molecule has 2 aromatic rings. The van der Waals surface area contributed by atoms with E-state index in [-0.39, 0.29) is 5.69 Å². The van der Waals surface area contributed by atoms with Crippen LogP contribution in [-0.2, 0) is 7.05 Å². The third-order valence-electron chi connectivity index (χ3n) is 5.21. The summed E-state index contributed by atoms with van der Waals surface area (Å²) >= 11 is 0. The van der Waals surface area contributed by atoms with Crippen LogP contribution in [0.25, 0.3) is 11.0 Å². The van der Waals surface area contributed by atoms with E-state index < -0.39 is 8.07 Å². The summed E-state index contributed by atoms with van der Waals surface area (Å²) in [5, 5.41) is 0. The average Bonchev–Trinajstić information content (AvgIpc) is 2.72. The molecule has 1 aromatic heterocycles. The van der Waals surface area contributed by atoms with Crippen LogP contribution < -0.4 is 5.69 Å². The number of para-hydroxylation sites is 2. The lowest BCUT2D eigenvalue weighted by molar-refractivity contribution is 0.836. The van der Waals surface area contributed by atoms with E-state index in [0.29, 0.717) is 16.6 Å². The van der Waals surface area contributed by atoms with Crippen LogP contribution in [-0.4, -0.2) is 17.2 Å². The van der Waals surface area contributed by atoms with Gasteiger partial charge in [-0.1, -0.05) is 53.7 Å². The van der Waals surface area contributed by atoms with Crippen molar-refractivity contribution in [2.24, 2.45) is 7.05 Å². The molecule has 1 heterocycles. The lowest BCUT2D eigenvalue weighted by Gasteiger charge is -2.37. The quantitative estimate of drug-likeness (QED) is 0.607. The fourth-order valence-corrected chi connectivity index (χ4v) is 9.16. The zero-order valence-corrected chi connectivity index (χ0v) is 16.3. The van der Waals surface area contributed by atoms with Gasteiger partial charge in [0.25, 0.3) is 0 Å². The Hall–Kier alpha value is -1.73. The van der Waals surface area contributed by atoms with Gasteiger partial charge in [-0.05, 0) is 28.8 Å². The van der Waals surface area contributed by atoms with Crippen molar-refractivity contribution in [3.05, 3.63) is 34.7 Å². The smallest absolute Gasteiger partial charge is 0.294 e. The van der Waals surface area contributed by atoms with Gasteiger partial charge in [0.2, 0.25) is 0 Å². The molecule has 0 saturated heterocycles. The van der Waals surface area contributed by atoms with Gasteiger partial charge in [0, 0.05) is 13.1 Å². The van der Waals surface area contributed by atoms with Gasteiger partial charge in [0.15, 0.2) is 0 Å². The summed E-state index contributed by atoms with van der Waals surface area (Å²) in [6.07, 6.45) is 0. The average molecular weight is 329 g/mol. The SMILES string of the molecule is CC(C)[Si](C#Cn1c(=O)n(C)c2ccccc21)(C(C)C)C(C)C. The first kappa shape index (κ1) is 17.6. The van der Waals surface area contributed by atoms with Crippen molar-refractivity contribution in [1.82, 2.24) is 9.13 Å². The van der Waals surface area contributed by atoms with E-state index in [9.17, 15) is 4.79 Å². The minimum absolute atomic E-state index is 0.0575. The molecule has 0 amide bonds. The summed E-state index contributed by atoms with van der Waals surface area (Å²) in [5.74, 6) is 0. The molecule has 3 nitrogen and oxygen atoms in total. The summed E-state index contributed by atoms with van der Waals surface area (Å²) in [6, 6.07) is 11.1. The van der Waals surface area contributed by atoms with Crippen LogP contribution in [0, 0.1) is 11.6 Å². The highest BCUT2D eigenvalue weighted by Crippen LogP contribution is 2.40. The van der Waals surface area contributed by atoms with Gasteiger partial charge in [0.1, 0.15) is 8.07 Å². The Morgan fingerprint density at radius 1 is 0.913 bits per heavy atom. The molecule has 0 saturated carbocycles. The fourth-order valence-electron chi connectivity index (χ4n) is 3.99. The van der Waals surface area contributed by atoms with Crippen LogP contribution in [0.1, 0.15) is 41.5 Å². The zero-order valence-electron chi connectivity index (χ0n) is 15.3. The number of benzene rings is 1. The number of imidazole rings is 1. The van der Waals surface area contributed by atoms with Crippen molar-refractivity contribution >= 4 is 19.1 Å². The normalized spacial score (nSPS) is 12.3. The van der Waals surface area contributed by atoms with E-state index in [1.807, 2.05) is 24.3 Å². The van der Waals surface area contributed by atoms with Gasteiger partial charge in [0.05, 0.1) is 11.0 Å². The molecule has 0 N–H and O–H groups in total. The van der Waals surface area contributed by atoms with Crippen LogP contribution in [0.3, 0.4) is 0 Å². The maximum Gasteiger partial charge on any atom is 0.340 e. The molecule has 0 fully saturated rings. The Morgan fingerprint density at radius 3 is 1.87 bits per heavy atom. The molecular weight excluding hydrogens is 300 g/mol. The molecule has 0 atom stereocenters. The van der Waals surface area contributed by atoms with Crippen molar-refractivity contribution in [3.8, 4) is 11.6 Å². The lowest BCUT2D eigenvalue weighted by atomic mass is 10.3. The third kappa shape index (κ3) is 2.79. The second kappa shape index (κ2) is 6.41. The standard InChI is InChI=1S/C19H28N2OSi/c1-14(2)23(15(3)4,16(5)6)13-12-21-18-11-9-8-10-17(18)20(7)19(21)22/h8-11,14-16H,1-7H3. The Kier molecular flexibility index (Phi) is 4.91. The van der Waals surface area contributed by atoms with Crippen molar-refractivity contribution < 1.29 is 0 Å². The summed E-state index contributed by atoms with van der Waals surface area (Å²) in [4.78, 5) is 12.6. The van der Waals surface area contributed by atoms with E-state index >= 15 is 0 Å². The van der Waals surface area contributed by atoms with Crippen LogP contribution in [0.2, 0.25) is 16.6 Å². The number of rotatable bonds is 3. The molecule has 0 aliphatic rings. The number of hydrogen-bond donors (Lipinski definition) is 0. The topological polar surface area (TPSA) is 26.9 Å². The molecule has 0 aliphatic heterocycles. The first-order valence-corrected chi connectivity index (χ1v) is 10.7. The second-order valence-corrected chi connectivity index (χ2v) is 12.9. The van der Waals surface area contributed by atoms with Crippen LogP contribution in [0.15, 0.2) is 29.1 Å². The van der Waals surface area contributed by atoms with Crippen LogP contribution in [0.4, 0.5) is 0 Å². The third-order valence-corrected chi connectivity index (χ3v) is 11.5. The second-order valence-electron chi connectivity index (χ2n) is 7.30. The first-order valence-electron chi connectivity index (χ1n) is 8.43. The summed E-state index contributed by atoms with van der Waals surface area (Å²) < 4.78 is 3.30. The van der Waals surface area contributed by atoms with Crippen molar-refractivity contribution in [3.63, 3.8) is 0 Å². The summed E-state index contributed by atoms with van der Waals surface area (Å²) in [5.41, 5.74) is 7.07. The van der Waals surface area contributed by atoms with Crippen LogP contribution >= 0.6 is 0 Å². The molecule has 23 heavy (non-hydrogen) atoms. The Balaban J connectivity index is 2.70. The Bertz CT molecular complexity index is 793. The molecule has 124 valence electrons. The number of aromatic nitrogens is 2. The van der Waals surface area contributed by atoms with Crippen molar-refractivity contribution in [2.45, 2.75) is 58.2 Å². The zero-order chi connectivity index (χ0) is 17.4. The van der Waals surface area contributed by atoms with E-state index in [1.165, 1.54) is 0 Å². The predicted octanol–water partition coefficient (Wildman–Crippen LogP) is 4.37. The van der Waals surface area contributed by atoms with Crippen molar-refractivity contribution in [1.29, 1.82) is 0 Å². The molecule has 1 aromatic carbocycles. The number of nitrogens with zero attached hydrogens (tertiary/aromatic N) is 2. The minimum atomic E-state index is -1.84. The highest BCUT2D eigenvalue weighted by atomic mass is 28.3. The Morgan fingerprint density at radius 2 is 1.39 bits per heavy atom. The first-order chi connectivity index (χ1) is 10.7. The van der Waals surface area contributed by atoms with E-state index in [0.717, 1.165) is 11.0 Å². The monoisotopic (exact) mass is 328 g/mol. The summed E-state index contributed by atoms with van der Waals surface area (Å²) in [7, 11) is -0.0351. The number of fused-ring (bicyclic) bond motifs is 1.